The summed E-state index contributed by atoms with van der Waals surface area (Å²) in [6.07, 6.45) is 7.94. The second kappa shape index (κ2) is 8.88. The molecule has 7 heteroatoms. The van der Waals surface area contributed by atoms with Gasteiger partial charge in [0.1, 0.15) is 5.65 Å². The Morgan fingerprint density at radius 1 is 1.03 bits per heavy atom. The minimum Gasteiger partial charge on any atom is -0.342 e. The van der Waals surface area contributed by atoms with E-state index in [0.717, 1.165) is 71.2 Å². The number of aromatic nitrogens is 4. The van der Waals surface area contributed by atoms with Crippen LogP contribution in [-0.4, -0.2) is 57.5 Å². The van der Waals surface area contributed by atoms with Crippen molar-refractivity contribution in [2.45, 2.75) is 32.7 Å². The van der Waals surface area contributed by atoms with E-state index in [1.165, 1.54) is 0 Å². The quantitative estimate of drug-likeness (QED) is 0.456. The molecule has 3 aromatic heterocycles. The SMILES string of the molecule is Cc1cc(-c2c(-c3ccc(C#N)cc3)nc(N3CCC(N(C)C)CC3)n3ccnc23)cnc1C. The predicted octanol–water partition coefficient (Wildman–Crippen LogP) is 4.48. The first-order valence-electron chi connectivity index (χ1n) is 11.7. The normalized spacial score (nSPS) is 14.6. The fourth-order valence-electron chi connectivity index (χ4n) is 4.73. The van der Waals surface area contributed by atoms with E-state index in [4.69, 9.17) is 9.97 Å². The zero-order valence-electron chi connectivity index (χ0n) is 20.2. The van der Waals surface area contributed by atoms with Crippen molar-refractivity contribution in [1.82, 2.24) is 24.3 Å². The minimum absolute atomic E-state index is 0.591. The molecule has 0 saturated carbocycles. The molecule has 1 saturated heterocycles. The fourth-order valence-corrected chi connectivity index (χ4v) is 4.73. The standard InChI is InChI=1S/C27H29N7/c1-18-15-22(17-30-19(18)2)24-25(21-7-5-20(16-28)6-8-21)31-27(34-14-11-29-26(24)34)33-12-9-23(10-13-33)32(3)4/h5-8,11,14-15,17,23H,9-10,12-13H2,1-4H3. The Morgan fingerprint density at radius 3 is 2.41 bits per heavy atom. The first kappa shape index (κ1) is 22.1. The number of aryl methyl sites for hydroxylation is 2. The zero-order chi connectivity index (χ0) is 23.8. The molecule has 1 aliphatic heterocycles. The van der Waals surface area contributed by atoms with Gasteiger partial charge in [-0.3, -0.25) is 9.38 Å². The van der Waals surface area contributed by atoms with Gasteiger partial charge in [0.05, 0.1) is 22.9 Å². The van der Waals surface area contributed by atoms with Crippen molar-refractivity contribution in [2.24, 2.45) is 0 Å². The molecule has 7 nitrogen and oxygen atoms in total. The monoisotopic (exact) mass is 451 g/mol. The molecule has 4 heterocycles. The smallest absolute Gasteiger partial charge is 0.211 e. The largest absolute Gasteiger partial charge is 0.342 e. The molecule has 172 valence electrons. The van der Waals surface area contributed by atoms with Gasteiger partial charge in [-0.05, 0) is 64.5 Å². The summed E-state index contributed by atoms with van der Waals surface area (Å²) in [5, 5.41) is 9.28. The number of hydrogen-bond donors (Lipinski definition) is 0. The Kier molecular flexibility index (Phi) is 5.76. The molecule has 0 atom stereocenters. The van der Waals surface area contributed by atoms with Crippen LogP contribution in [0.5, 0.6) is 0 Å². The maximum atomic E-state index is 9.28. The third kappa shape index (κ3) is 3.91. The van der Waals surface area contributed by atoms with Crippen molar-refractivity contribution >= 4 is 11.6 Å². The highest BCUT2D eigenvalue weighted by atomic mass is 15.3. The van der Waals surface area contributed by atoms with Crippen LogP contribution in [0.1, 0.15) is 29.7 Å². The van der Waals surface area contributed by atoms with E-state index >= 15 is 0 Å². The number of fused-ring (bicyclic) bond motifs is 1. The number of anilines is 1. The number of nitriles is 1. The van der Waals surface area contributed by atoms with E-state index in [9.17, 15) is 5.26 Å². The van der Waals surface area contributed by atoms with E-state index in [0.29, 0.717) is 11.6 Å². The van der Waals surface area contributed by atoms with Crippen LogP contribution >= 0.6 is 0 Å². The lowest BCUT2D eigenvalue weighted by Crippen LogP contribution is -2.43. The van der Waals surface area contributed by atoms with Crippen LogP contribution in [0.25, 0.3) is 28.0 Å². The second-order valence-corrected chi connectivity index (χ2v) is 9.25. The van der Waals surface area contributed by atoms with Crippen molar-refractivity contribution < 1.29 is 0 Å². The summed E-state index contributed by atoms with van der Waals surface area (Å²) in [7, 11) is 4.31. The van der Waals surface area contributed by atoms with Gasteiger partial charge >= 0.3 is 0 Å². The lowest BCUT2D eigenvalue weighted by atomic mass is 9.99. The van der Waals surface area contributed by atoms with Crippen molar-refractivity contribution in [3.8, 4) is 28.5 Å². The molecule has 34 heavy (non-hydrogen) atoms. The molecule has 0 aliphatic carbocycles. The van der Waals surface area contributed by atoms with Gasteiger partial charge in [-0.25, -0.2) is 9.97 Å². The molecule has 1 aromatic carbocycles. The number of imidazole rings is 1. The molecular weight excluding hydrogens is 422 g/mol. The molecule has 4 aromatic rings. The molecule has 0 spiro atoms. The van der Waals surface area contributed by atoms with Gasteiger partial charge in [-0.15, -0.1) is 0 Å². The molecule has 0 N–H and O–H groups in total. The van der Waals surface area contributed by atoms with E-state index in [1.807, 2.05) is 49.8 Å². The number of nitrogens with zero attached hydrogens (tertiary/aromatic N) is 7. The highest BCUT2D eigenvalue weighted by Gasteiger charge is 2.26. The van der Waals surface area contributed by atoms with Gasteiger partial charge in [0.15, 0.2) is 0 Å². The first-order chi connectivity index (χ1) is 16.5. The average molecular weight is 452 g/mol. The number of rotatable bonds is 4. The average Bonchev–Trinajstić information content (AvgIpc) is 3.35. The van der Waals surface area contributed by atoms with Gasteiger partial charge < -0.3 is 9.80 Å². The zero-order valence-corrected chi connectivity index (χ0v) is 20.2. The first-order valence-corrected chi connectivity index (χ1v) is 11.7. The summed E-state index contributed by atoms with van der Waals surface area (Å²) < 4.78 is 2.10. The Hall–Kier alpha value is -3.76. The van der Waals surface area contributed by atoms with Gasteiger partial charge in [-0.1, -0.05) is 12.1 Å². The van der Waals surface area contributed by atoms with Crippen molar-refractivity contribution in [3.63, 3.8) is 0 Å². The number of hydrogen-bond acceptors (Lipinski definition) is 6. The van der Waals surface area contributed by atoms with Gasteiger partial charge in [0, 0.05) is 54.5 Å². The van der Waals surface area contributed by atoms with Crippen molar-refractivity contribution in [1.29, 1.82) is 5.26 Å². The topological polar surface area (TPSA) is 73.4 Å². The maximum Gasteiger partial charge on any atom is 0.211 e. The molecule has 0 bridgehead atoms. The lowest BCUT2D eigenvalue weighted by Gasteiger charge is -2.36. The van der Waals surface area contributed by atoms with Crippen molar-refractivity contribution in [2.75, 3.05) is 32.1 Å². The van der Waals surface area contributed by atoms with Crippen molar-refractivity contribution in [3.05, 3.63) is 65.7 Å². The van der Waals surface area contributed by atoms with Crippen LogP contribution in [0.2, 0.25) is 0 Å². The molecule has 0 radical (unpaired) electrons. The number of pyridine rings is 1. The third-order valence-corrected chi connectivity index (χ3v) is 6.92. The van der Waals surface area contributed by atoms with Crippen LogP contribution in [0.15, 0.2) is 48.9 Å². The summed E-state index contributed by atoms with van der Waals surface area (Å²) in [5.41, 5.74) is 7.40. The molecule has 5 rings (SSSR count). The molecule has 1 fully saturated rings. The Balaban J connectivity index is 1.70. The summed E-state index contributed by atoms with van der Waals surface area (Å²) in [4.78, 5) is 19.3. The minimum atomic E-state index is 0.591. The summed E-state index contributed by atoms with van der Waals surface area (Å²) >= 11 is 0. The summed E-state index contributed by atoms with van der Waals surface area (Å²) in [6, 6.07) is 12.6. The van der Waals surface area contributed by atoms with Crippen LogP contribution in [0.4, 0.5) is 5.95 Å². The molecule has 0 unspecified atom stereocenters. The van der Waals surface area contributed by atoms with Crippen LogP contribution in [-0.2, 0) is 0 Å². The van der Waals surface area contributed by atoms with Gasteiger partial charge in [-0.2, -0.15) is 5.26 Å². The number of piperidine rings is 1. The molecule has 0 amide bonds. The van der Waals surface area contributed by atoms with E-state index in [2.05, 4.69) is 52.3 Å². The van der Waals surface area contributed by atoms with E-state index in [-0.39, 0.29) is 0 Å². The fraction of sp³-hybridized carbons (Fsp3) is 0.333. The van der Waals surface area contributed by atoms with Gasteiger partial charge in [0.2, 0.25) is 5.95 Å². The molecular formula is C27H29N7. The van der Waals surface area contributed by atoms with E-state index < -0.39 is 0 Å². The number of benzene rings is 1. The van der Waals surface area contributed by atoms with E-state index in [1.54, 1.807) is 0 Å². The lowest BCUT2D eigenvalue weighted by molar-refractivity contribution is 0.249. The van der Waals surface area contributed by atoms with Gasteiger partial charge in [0.25, 0.3) is 0 Å². The second-order valence-electron chi connectivity index (χ2n) is 9.25. The van der Waals surface area contributed by atoms with Crippen LogP contribution in [0.3, 0.4) is 0 Å². The summed E-state index contributed by atoms with van der Waals surface area (Å²) in [6.45, 7) is 5.98. The highest BCUT2D eigenvalue weighted by molar-refractivity contribution is 5.91. The predicted molar refractivity (Wildman–Crippen MR) is 135 cm³/mol. The molecule has 1 aliphatic rings. The van der Waals surface area contributed by atoms with Crippen LogP contribution < -0.4 is 4.90 Å². The highest BCUT2D eigenvalue weighted by Crippen LogP contribution is 2.37. The maximum absolute atomic E-state index is 9.28. The Labute approximate surface area is 200 Å². The third-order valence-electron chi connectivity index (χ3n) is 6.92. The Morgan fingerprint density at radius 2 is 1.76 bits per heavy atom. The van der Waals surface area contributed by atoms with Crippen LogP contribution in [0, 0.1) is 25.2 Å². The Bertz CT molecular complexity index is 1370. The summed E-state index contributed by atoms with van der Waals surface area (Å²) in [5.74, 6) is 0.907.